The van der Waals surface area contributed by atoms with Gasteiger partial charge < -0.3 is 28.4 Å². The Morgan fingerprint density at radius 2 is 1.42 bits per heavy atom. The molecule has 0 aromatic heterocycles. The average molecular weight is 529 g/mol. The first-order valence-electron chi connectivity index (χ1n) is 11.7. The summed E-state index contributed by atoms with van der Waals surface area (Å²) < 4.78 is 31.9. The van der Waals surface area contributed by atoms with Crippen LogP contribution in [0, 0.1) is 0 Å². The minimum atomic E-state index is -0.554. The Morgan fingerprint density at radius 1 is 0.763 bits per heavy atom. The molecule has 0 aliphatic carbocycles. The van der Waals surface area contributed by atoms with Crippen LogP contribution in [-0.2, 0) is 35.1 Å². The van der Waals surface area contributed by atoms with E-state index in [9.17, 15) is 19.2 Å². The van der Waals surface area contributed by atoms with Gasteiger partial charge in [0.05, 0.1) is 20.8 Å². The predicted octanol–water partition coefficient (Wildman–Crippen LogP) is 4.02. The number of benzene rings is 2. The number of methoxy groups -OCH3 is 2. The molecule has 204 valence electrons. The zero-order valence-electron chi connectivity index (χ0n) is 22.3. The Balaban J connectivity index is 2.58. The minimum absolute atomic E-state index is 0.0264. The molecule has 10 nitrogen and oxygen atoms in total. The molecule has 2 rings (SSSR count). The van der Waals surface area contributed by atoms with E-state index in [0.717, 1.165) is 5.56 Å². The van der Waals surface area contributed by atoms with Crippen molar-refractivity contribution in [3.8, 4) is 23.0 Å². The molecule has 10 heteroatoms. The fourth-order valence-corrected chi connectivity index (χ4v) is 3.64. The van der Waals surface area contributed by atoms with Crippen molar-refractivity contribution < 1.29 is 47.6 Å². The summed E-state index contributed by atoms with van der Waals surface area (Å²) in [7, 11) is 2.90. The van der Waals surface area contributed by atoms with E-state index in [1.54, 1.807) is 42.5 Å². The van der Waals surface area contributed by atoms with E-state index in [-0.39, 0.29) is 24.7 Å². The average Bonchev–Trinajstić information content (AvgIpc) is 2.84. The number of carbonyl (C=O) groups is 4. The van der Waals surface area contributed by atoms with Gasteiger partial charge in [0.25, 0.3) is 0 Å². The van der Waals surface area contributed by atoms with Crippen molar-refractivity contribution >= 4 is 30.0 Å². The van der Waals surface area contributed by atoms with Crippen molar-refractivity contribution in [2.75, 3.05) is 27.4 Å². The van der Waals surface area contributed by atoms with Gasteiger partial charge in [-0.15, -0.1) is 0 Å². The molecule has 0 saturated carbocycles. The summed E-state index contributed by atoms with van der Waals surface area (Å²) in [6.07, 6.45) is 3.72. The van der Waals surface area contributed by atoms with Crippen molar-refractivity contribution in [2.45, 2.75) is 40.0 Å². The molecule has 0 amide bonds. The topological polar surface area (TPSA) is 124 Å². The van der Waals surface area contributed by atoms with E-state index < -0.39 is 29.8 Å². The molecular formula is C28H32O10. The summed E-state index contributed by atoms with van der Waals surface area (Å²) in [5.41, 5.74) is 2.00. The van der Waals surface area contributed by atoms with Crippen LogP contribution in [-0.4, -0.2) is 51.3 Å². The Bertz CT molecular complexity index is 1200. The van der Waals surface area contributed by atoms with Gasteiger partial charge in [-0.1, -0.05) is 12.1 Å². The lowest BCUT2D eigenvalue weighted by atomic mass is 9.90. The molecule has 0 saturated heterocycles. The Hall–Kier alpha value is -4.34. The van der Waals surface area contributed by atoms with E-state index in [1.165, 1.54) is 41.9 Å². The van der Waals surface area contributed by atoms with Gasteiger partial charge in [0.15, 0.2) is 23.0 Å². The van der Waals surface area contributed by atoms with E-state index in [1.807, 2.05) is 0 Å². The number of esters is 4. The number of hydrogen-bond donors (Lipinski definition) is 0. The second kappa shape index (κ2) is 14.4. The Morgan fingerprint density at radius 3 is 2.00 bits per heavy atom. The molecule has 0 heterocycles. The second-order valence-corrected chi connectivity index (χ2v) is 8.22. The molecule has 1 atom stereocenters. The van der Waals surface area contributed by atoms with Crippen molar-refractivity contribution in [2.24, 2.45) is 0 Å². The predicted molar refractivity (Wildman–Crippen MR) is 137 cm³/mol. The zero-order valence-corrected chi connectivity index (χ0v) is 22.3. The maximum Gasteiger partial charge on any atom is 0.308 e. The van der Waals surface area contributed by atoms with Gasteiger partial charge in [-0.3, -0.25) is 19.2 Å². The molecule has 0 fully saturated rings. The maximum atomic E-state index is 12.0. The van der Waals surface area contributed by atoms with Gasteiger partial charge in [-0.25, -0.2) is 0 Å². The molecule has 2 aromatic carbocycles. The number of carbonyl (C=O) groups excluding carboxylic acids is 4. The molecule has 1 unspecified atom stereocenters. The first-order chi connectivity index (χ1) is 18.0. The fraction of sp³-hybridized carbons (Fsp3) is 0.357. The third-order valence-corrected chi connectivity index (χ3v) is 5.16. The lowest BCUT2D eigenvalue weighted by Gasteiger charge is -2.22. The van der Waals surface area contributed by atoms with Crippen LogP contribution in [0.15, 0.2) is 36.4 Å². The highest BCUT2D eigenvalue weighted by molar-refractivity contribution is 5.73. The maximum absolute atomic E-state index is 12.0. The number of hydrogen-bond acceptors (Lipinski definition) is 10. The highest BCUT2D eigenvalue weighted by Gasteiger charge is 2.24. The SMILES string of the molecule is COc1cc(CC(COC(C)=O)c2cc(/C=C/COC(C)=O)cc(OC)c2OC(C)=O)ccc1OC(C)=O. The summed E-state index contributed by atoms with van der Waals surface area (Å²) in [6, 6.07) is 8.54. The van der Waals surface area contributed by atoms with Gasteiger partial charge in [0, 0.05) is 39.2 Å². The molecule has 38 heavy (non-hydrogen) atoms. The molecule has 0 radical (unpaired) electrons. The van der Waals surface area contributed by atoms with Crippen molar-refractivity contribution in [3.63, 3.8) is 0 Å². The molecule has 0 aliphatic heterocycles. The standard InChI is InChI=1S/C28H32O10/c1-17(29)35-11-7-8-21-13-24(28(38-20(4)32)27(15-21)34-6)23(16-36-18(2)30)12-22-9-10-25(37-19(3)31)26(14-22)33-5/h7-10,13-15,23H,11-12,16H2,1-6H3/b8-7+. The molecule has 0 aliphatic rings. The van der Waals surface area contributed by atoms with Crippen LogP contribution in [0.3, 0.4) is 0 Å². The van der Waals surface area contributed by atoms with Crippen LogP contribution < -0.4 is 18.9 Å². The molecule has 2 aromatic rings. The highest BCUT2D eigenvalue weighted by atomic mass is 16.6. The smallest absolute Gasteiger partial charge is 0.308 e. The zero-order chi connectivity index (χ0) is 28.2. The second-order valence-electron chi connectivity index (χ2n) is 8.22. The lowest BCUT2D eigenvalue weighted by Crippen LogP contribution is -2.16. The van der Waals surface area contributed by atoms with E-state index in [4.69, 9.17) is 28.4 Å². The van der Waals surface area contributed by atoms with Crippen LogP contribution in [0.4, 0.5) is 0 Å². The largest absolute Gasteiger partial charge is 0.493 e. The van der Waals surface area contributed by atoms with Crippen LogP contribution in [0.5, 0.6) is 23.0 Å². The minimum Gasteiger partial charge on any atom is -0.493 e. The summed E-state index contributed by atoms with van der Waals surface area (Å²) in [4.78, 5) is 46.2. The number of ether oxygens (including phenoxy) is 6. The molecular weight excluding hydrogens is 496 g/mol. The van der Waals surface area contributed by atoms with E-state index in [0.29, 0.717) is 29.0 Å². The lowest BCUT2D eigenvalue weighted by molar-refractivity contribution is -0.142. The third kappa shape index (κ3) is 9.27. The first kappa shape index (κ1) is 29.9. The van der Waals surface area contributed by atoms with Crippen LogP contribution >= 0.6 is 0 Å². The summed E-state index contributed by atoms with van der Waals surface area (Å²) >= 11 is 0. The molecule has 0 bridgehead atoms. The van der Waals surface area contributed by atoms with E-state index >= 15 is 0 Å². The van der Waals surface area contributed by atoms with Gasteiger partial charge in [-0.2, -0.15) is 0 Å². The van der Waals surface area contributed by atoms with Crippen LogP contribution in [0.25, 0.3) is 6.08 Å². The van der Waals surface area contributed by atoms with Crippen molar-refractivity contribution in [3.05, 3.63) is 53.1 Å². The Kier molecular flexibility index (Phi) is 11.3. The number of rotatable bonds is 12. The van der Waals surface area contributed by atoms with Gasteiger partial charge >= 0.3 is 23.9 Å². The van der Waals surface area contributed by atoms with Crippen LogP contribution in [0.2, 0.25) is 0 Å². The quantitative estimate of drug-likeness (QED) is 0.295. The normalized spacial score (nSPS) is 11.4. The van der Waals surface area contributed by atoms with Gasteiger partial charge in [0.2, 0.25) is 0 Å². The Labute approximate surface area is 221 Å². The summed E-state index contributed by atoms with van der Waals surface area (Å²) in [5, 5.41) is 0. The van der Waals surface area contributed by atoms with Gasteiger partial charge in [0.1, 0.15) is 6.61 Å². The fourth-order valence-electron chi connectivity index (χ4n) is 3.64. The monoisotopic (exact) mass is 528 g/mol. The van der Waals surface area contributed by atoms with E-state index in [2.05, 4.69) is 0 Å². The van der Waals surface area contributed by atoms with Gasteiger partial charge in [-0.05, 0) is 47.9 Å². The highest BCUT2D eigenvalue weighted by Crippen LogP contribution is 2.40. The molecule has 0 N–H and O–H groups in total. The van der Waals surface area contributed by atoms with Crippen molar-refractivity contribution in [1.82, 2.24) is 0 Å². The summed E-state index contributed by atoms with van der Waals surface area (Å²) in [6.45, 7) is 5.23. The third-order valence-electron chi connectivity index (χ3n) is 5.16. The summed E-state index contributed by atoms with van der Waals surface area (Å²) in [5.74, 6) is -1.30. The van der Waals surface area contributed by atoms with Crippen LogP contribution in [0.1, 0.15) is 50.3 Å². The molecule has 0 spiro atoms. The first-order valence-corrected chi connectivity index (χ1v) is 11.7. The van der Waals surface area contributed by atoms with Crippen molar-refractivity contribution in [1.29, 1.82) is 0 Å².